The van der Waals surface area contributed by atoms with Crippen molar-refractivity contribution in [3.8, 4) is 0 Å². The van der Waals surface area contributed by atoms with Gasteiger partial charge in [-0.15, -0.1) is 0 Å². The summed E-state index contributed by atoms with van der Waals surface area (Å²) in [7, 11) is 1.24. The second-order valence-electron chi connectivity index (χ2n) is 7.39. The molecule has 0 aliphatic rings. The zero-order valence-corrected chi connectivity index (χ0v) is 18.3. The SMILES string of the molecule is COC(=O)[C@H](CCCc1ccccc1)NC(=O)[C@@H](NC(=O)OCc1ccccc1)[C@@H](C)O. The van der Waals surface area contributed by atoms with Gasteiger partial charge in [-0.3, -0.25) is 4.79 Å². The smallest absolute Gasteiger partial charge is 0.408 e. The van der Waals surface area contributed by atoms with E-state index in [-0.39, 0.29) is 6.61 Å². The first-order chi connectivity index (χ1) is 15.4. The third-order valence-corrected chi connectivity index (χ3v) is 4.85. The number of esters is 1. The van der Waals surface area contributed by atoms with Crippen LogP contribution in [0.5, 0.6) is 0 Å². The number of nitrogens with one attached hydrogen (secondary N) is 2. The molecule has 0 spiro atoms. The van der Waals surface area contributed by atoms with Gasteiger partial charge >= 0.3 is 12.1 Å². The van der Waals surface area contributed by atoms with E-state index in [1.165, 1.54) is 14.0 Å². The summed E-state index contributed by atoms with van der Waals surface area (Å²) < 4.78 is 9.91. The first-order valence-electron chi connectivity index (χ1n) is 10.5. The molecule has 0 fully saturated rings. The van der Waals surface area contributed by atoms with Crippen LogP contribution >= 0.6 is 0 Å². The monoisotopic (exact) mass is 442 g/mol. The summed E-state index contributed by atoms with van der Waals surface area (Å²) in [5, 5.41) is 14.9. The number of rotatable bonds is 11. The van der Waals surface area contributed by atoms with Gasteiger partial charge < -0.3 is 25.2 Å². The van der Waals surface area contributed by atoms with Gasteiger partial charge in [-0.1, -0.05) is 60.7 Å². The average molecular weight is 443 g/mol. The molecule has 0 aliphatic heterocycles. The van der Waals surface area contributed by atoms with Crippen LogP contribution in [0.2, 0.25) is 0 Å². The standard InChI is InChI=1S/C24H30N2O6/c1-17(27)21(26-24(30)32-16-19-12-7-4-8-13-19)22(28)25-20(23(29)31-2)15-9-14-18-10-5-3-6-11-18/h3-8,10-13,17,20-21,27H,9,14-16H2,1-2H3,(H,25,28)(H,26,30)/t17-,20+,21+/m1/s1. The number of ether oxygens (including phenoxy) is 2. The fourth-order valence-electron chi connectivity index (χ4n) is 3.10. The van der Waals surface area contributed by atoms with Crippen molar-refractivity contribution < 1.29 is 29.0 Å². The number of alkyl carbamates (subject to hydrolysis) is 1. The van der Waals surface area contributed by atoms with E-state index in [4.69, 9.17) is 9.47 Å². The van der Waals surface area contributed by atoms with E-state index in [1.54, 1.807) is 12.1 Å². The Kier molecular flexibility index (Phi) is 10.2. The quantitative estimate of drug-likeness (QED) is 0.460. The highest BCUT2D eigenvalue weighted by atomic mass is 16.5. The lowest BCUT2D eigenvalue weighted by Gasteiger charge is -2.23. The van der Waals surface area contributed by atoms with E-state index in [2.05, 4.69) is 10.6 Å². The molecule has 2 aromatic carbocycles. The van der Waals surface area contributed by atoms with Crippen molar-refractivity contribution in [3.05, 3.63) is 71.8 Å². The van der Waals surface area contributed by atoms with E-state index >= 15 is 0 Å². The summed E-state index contributed by atoms with van der Waals surface area (Å²) in [6.07, 6.45) is -0.349. The zero-order chi connectivity index (χ0) is 23.3. The number of aryl methyl sites for hydroxylation is 1. The Morgan fingerprint density at radius 2 is 1.53 bits per heavy atom. The van der Waals surface area contributed by atoms with Crippen LogP contribution in [0.1, 0.15) is 30.9 Å². The third-order valence-electron chi connectivity index (χ3n) is 4.85. The van der Waals surface area contributed by atoms with Crippen LogP contribution in [0.4, 0.5) is 4.79 Å². The summed E-state index contributed by atoms with van der Waals surface area (Å²) in [5.74, 6) is -1.30. The lowest BCUT2D eigenvalue weighted by atomic mass is 10.0. The van der Waals surface area contributed by atoms with Gasteiger partial charge in [0, 0.05) is 0 Å². The van der Waals surface area contributed by atoms with E-state index in [0.717, 1.165) is 17.5 Å². The Labute approximate surface area is 187 Å². The molecule has 2 amide bonds. The molecule has 2 rings (SSSR count). The van der Waals surface area contributed by atoms with Crippen LogP contribution in [-0.2, 0) is 32.1 Å². The van der Waals surface area contributed by atoms with E-state index < -0.39 is 36.2 Å². The van der Waals surface area contributed by atoms with Gasteiger partial charge in [-0.2, -0.15) is 0 Å². The van der Waals surface area contributed by atoms with Crippen molar-refractivity contribution in [2.45, 2.75) is 51.0 Å². The molecule has 172 valence electrons. The molecule has 0 unspecified atom stereocenters. The molecular formula is C24H30N2O6. The molecule has 0 aliphatic carbocycles. The van der Waals surface area contributed by atoms with Gasteiger partial charge in [-0.25, -0.2) is 9.59 Å². The molecule has 32 heavy (non-hydrogen) atoms. The lowest BCUT2D eigenvalue weighted by Crippen LogP contribution is -2.55. The maximum Gasteiger partial charge on any atom is 0.408 e. The summed E-state index contributed by atoms with van der Waals surface area (Å²) >= 11 is 0. The Morgan fingerprint density at radius 3 is 2.09 bits per heavy atom. The largest absolute Gasteiger partial charge is 0.467 e. The highest BCUT2D eigenvalue weighted by Gasteiger charge is 2.30. The topological polar surface area (TPSA) is 114 Å². The van der Waals surface area contributed by atoms with Gasteiger partial charge in [0.2, 0.25) is 5.91 Å². The number of aliphatic hydroxyl groups is 1. The van der Waals surface area contributed by atoms with Gasteiger partial charge in [0.1, 0.15) is 18.7 Å². The second-order valence-corrected chi connectivity index (χ2v) is 7.39. The molecule has 3 atom stereocenters. The highest BCUT2D eigenvalue weighted by molar-refractivity contribution is 5.90. The molecule has 8 nitrogen and oxygen atoms in total. The number of methoxy groups -OCH3 is 1. The number of hydrogen-bond donors (Lipinski definition) is 3. The van der Waals surface area contributed by atoms with Crippen LogP contribution in [0, 0.1) is 0 Å². The average Bonchev–Trinajstić information content (AvgIpc) is 2.81. The Balaban J connectivity index is 1.91. The lowest BCUT2D eigenvalue weighted by molar-refractivity contribution is -0.145. The first-order valence-corrected chi connectivity index (χ1v) is 10.5. The van der Waals surface area contributed by atoms with Crippen molar-refractivity contribution >= 4 is 18.0 Å². The van der Waals surface area contributed by atoms with Crippen LogP contribution in [-0.4, -0.2) is 48.4 Å². The van der Waals surface area contributed by atoms with Crippen molar-refractivity contribution in [1.29, 1.82) is 0 Å². The normalized spacial score (nSPS) is 13.3. The van der Waals surface area contributed by atoms with Crippen molar-refractivity contribution in [3.63, 3.8) is 0 Å². The van der Waals surface area contributed by atoms with Crippen molar-refractivity contribution in [2.24, 2.45) is 0 Å². The van der Waals surface area contributed by atoms with Crippen molar-refractivity contribution in [2.75, 3.05) is 7.11 Å². The molecular weight excluding hydrogens is 412 g/mol. The number of hydrogen-bond acceptors (Lipinski definition) is 6. The van der Waals surface area contributed by atoms with Crippen LogP contribution in [0.3, 0.4) is 0 Å². The Bertz CT molecular complexity index is 857. The number of carbonyl (C=O) groups is 3. The molecule has 3 N–H and O–H groups in total. The van der Waals surface area contributed by atoms with E-state index in [9.17, 15) is 19.5 Å². The number of carbonyl (C=O) groups excluding carboxylic acids is 3. The molecule has 8 heteroatoms. The van der Waals surface area contributed by atoms with E-state index in [1.807, 2.05) is 48.5 Å². The second kappa shape index (κ2) is 13.1. The Hall–Kier alpha value is -3.39. The van der Waals surface area contributed by atoms with Gasteiger partial charge in [0.25, 0.3) is 0 Å². The summed E-state index contributed by atoms with van der Waals surface area (Å²) in [4.78, 5) is 37.0. The minimum atomic E-state index is -1.29. The fraction of sp³-hybridized carbons (Fsp3) is 0.375. The summed E-state index contributed by atoms with van der Waals surface area (Å²) in [6.45, 7) is 1.38. The molecule has 0 bridgehead atoms. The van der Waals surface area contributed by atoms with Gasteiger partial charge in [0.15, 0.2) is 0 Å². The first kappa shape index (κ1) is 24.9. The molecule has 0 heterocycles. The Morgan fingerprint density at radius 1 is 0.938 bits per heavy atom. The van der Waals surface area contributed by atoms with Crippen LogP contribution in [0.15, 0.2) is 60.7 Å². The number of benzene rings is 2. The van der Waals surface area contributed by atoms with Crippen LogP contribution in [0.25, 0.3) is 0 Å². The van der Waals surface area contributed by atoms with E-state index in [0.29, 0.717) is 12.8 Å². The van der Waals surface area contributed by atoms with Crippen LogP contribution < -0.4 is 10.6 Å². The predicted octanol–water partition coefficient (Wildman–Crippen LogP) is 2.34. The fourth-order valence-corrected chi connectivity index (χ4v) is 3.10. The van der Waals surface area contributed by atoms with Crippen molar-refractivity contribution in [1.82, 2.24) is 10.6 Å². The molecule has 0 saturated heterocycles. The summed E-state index contributed by atoms with van der Waals surface area (Å²) in [6, 6.07) is 16.6. The van der Waals surface area contributed by atoms with Gasteiger partial charge in [0.05, 0.1) is 13.2 Å². The maximum absolute atomic E-state index is 12.7. The highest BCUT2D eigenvalue weighted by Crippen LogP contribution is 2.09. The third kappa shape index (κ3) is 8.39. The number of amides is 2. The zero-order valence-electron chi connectivity index (χ0n) is 18.3. The molecule has 0 aromatic heterocycles. The minimum Gasteiger partial charge on any atom is -0.467 e. The molecule has 0 saturated carbocycles. The maximum atomic E-state index is 12.7. The van der Waals surface area contributed by atoms with Gasteiger partial charge in [-0.05, 0) is 37.3 Å². The molecule has 0 radical (unpaired) electrons. The minimum absolute atomic E-state index is 0.0189. The molecule has 2 aromatic rings. The number of aliphatic hydroxyl groups excluding tert-OH is 1. The summed E-state index contributed by atoms with van der Waals surface area (Å²) in [5.41, 5.74) is 1.90. The predicted molar refractivity (Wildman–Crippen MR) is 119 cm³/mol.